The van der Waals surface area contributed by atoms with E-state index in [0.717, 1.165) is 0 Å². The molecule has 0 fully saturated rings. The van der Waals surface area contributed by atoms with Gasteiger partial charge in [-0.2, -0.15) is 4.39 Å². The van der Waals surface area contributed by atoms with Crippen LogP contribution < -0.4 is 5.32 Å². The molecule has 110 valence electrons. The van der Waals surface area contributed by atoms with Gasteiger partial charge >= 0.3 is 5.69 Å². The van der Waals surface area contributed by atoms with Crippen molar-refractivity contribution >= 4 is 11.6 Å². The number of carbonyl (C=O) groups is 1. The van der Waals surface area contributed by atoms with E-state index in [4.69, 9.17) is 5.11 Å². The zero-order chi connectivity index (χ0) is 15.4. The van der Waals surface area contributed by atoms with Crippen molar-refractivity contribution in [3.05, 3.63) is 39.4 Å². The highest BCUT2D eigenvalue weighted by molar-refractivity contribution is 5.95. The molecular formula is C12H14F2N2O4. The Bertz CT molecular complexity index is 534. The fourth-order valence-corrected chi connectivity index (χ4v) is 1.54. The normalized spacial score (nSPS) is 12.3. The summed E-state index contributed by atoms with van der Waals surface area (Å²) in [7, 11) is 0. The Hall–Kier alpha value is -2.09. The molecule has 0 heterocycles. The highest BCUT2D eigenvalue weighted by atomic mass is 19.1. The maximum atomic E-state index is 13.8. The number of aliphatic hydroxyl groups is 1. The van der Waals surface area contributed by atoms with Crippen LogP contribution >= 0.6 is 0 Å². The fourth-order valence-electron chi connectivity index (χ4n) is 1.54. The van der Waals surface area contributed by atoms with Crippen molar-refractivity contribution in [1.29, 1.82) is 0 Å². The molecular weight excluding hydrogens is 274 g/mol. The lowest BCUT2D eigenvalue weighted by atomic mass is 10.0. The molecule has 1 atom stereocenters. The van der Waals surface area contributed by atoms with Crippen molar-refractivity contribution < 1.29 is 23.6 Å². The summed E-state index contributed by atoms with van der Waals surface area (Å²) in [5.74, 6) is -3.66. The molecule has 0 unspecified atom stereocenters. The van der Waals surface area contributed by atoms with E-state index in [0.29, 0.717) is 12.1 Å². The Morgan fingerprint density at radius 2 is 2.05 bits per heavy atom. The minimum absolute atomic E-state index is 0.143. The quantitative estimate of drug-likeness (QED) is 0.636. The maximum Gasteiger partial charge on any atom is 0.308 e. The molecule has 1 aromatic carbocycles. The van der Waals surface area contributed by atoms with Gasteiger partial charge in [-0.3, -0.25) is 14.9 Å². The number of halogens is 2. The molecule has 0 radical (unpaired) electrons. The van der Waals surface area contributed by atoms with Crippen LogP contribution in [0.5, 0.6) is 0 Å². The van der Waals surface area contributed by atoms with Gasteiger partial charge < -0.3 is 10.4 Å². The van der Waals surface area contributed by atoms with E-state index in [-0.39, 0.29) is 12.5 Å². The van der Waals surface area contributed by atoms with E-state index >= 15 is 0 Å². The lowest BCUT2D eigenvalue weighted by molar-refractivity contribution is -0.387. The van der Waals surface area contributed by atoms with Gasteiger partial charge in [0.05, 0.1) is 29.2 Å². The number of carbonyl (C=O) groups excluding carboxylic acids is 1. The van der Waals surface area contributed by atoms with Crippen LogP contribution in [0.3, 0.4) is 0 Å². The lowest BCUT2D eigenvalue weighted by Crippen LogP contribution is -2.41. The van der Waals surface area contributed by atoms with Gasteiger partial charge in [0.2, 0.25) is 5.82 Å². The molecule has 2 N–H and O–H groups in total. The Balaban J connectivity index is 3.13. The van der Waals surface area contributed by atoms with E-state index in [1.807, 2.05) is 0 Å². The third-order valence-electron chi connectivity index (χ3n) is 2.78. The molecule has 0 spiro atoms. The van der Waals surface area contributed by atoms with Crippen LogP contribution in [0.2, 0.25) is 0 Å². The molecule has 0 aromatic heterocycles. The molecule has 1 amide bonds. The van der Waals surface area contributed by atoms with Crippen LogP contribution in [-0.4, -0.2) is 28.6 Å². The molecule has 1 aromatic rings. The number of nitro groups is 1. The average molecular weight is 288 g/mol. The summed E-state index contributed by atoms with van der Waals surface area (Å²) in [6, 6.07) is 0.314. The molecule has 0 saturated carbocycles. The SMILES string of the molecule is CC(C)[C@@H](CO)NC(=O)c1cc(F)cc([N+](=O)[O-])c1F. The maximum absolute atomic E-state index is 13.8. The molecule has 0 bridgehead atoms. The first-order valence-electron chi connectivity index (χ1n) is 5.83. The summed E-state index contributed by atoms with van der Waals surface area (Å²) in [6.07, 6.45) is 0. The first-order valence-corrected chi connectivity index (χ1v) is 5.83. The zero-order valence-corrected chi connectivity index (χ0v) is 10.9. The van der Waals surface area contributed by atoms with Crippen LogP contribution in [-0.2, 0) is 0 Å². The first kappa shape index (κ1) is 16.0. The monoisotopic (exact) mass is 288 g/mol. The predicted molar refractivity (Wildman–Crippen MR) is 66.2 cm³/mol. The number of benzene rings is 1. The Morgan fingerprint density at radius 3 is 2.50 bits per heavy atom. The summed E-state index contributed by atoms with van der Waals surface area (Å²) < 4.78 is 27.0. The Kier molecular flexibility index (Phi) is 5.09. The van der Waals surface area contributed by atoms with Crippen LogP contribution in [0.15, 0.2) is 12.1 Å². The van der Waals surface area contributed by atoms with Crippen molar-refractivity contribution in [3.63, 3.8) is 0 Å². The van der Waals surface area contributed by atoms with E-state index in [9.17, 15) is 23.7 Å². The van der Waals surface area contributed by atoms with Crippen LogP contribution in [0.1, 0.15) is 24.2 Å². The highest BCUT2D eigenvalue weighted by Crippen LogP contribution is 2.22. The molecule has 1 rings (SSSR count). The van der Waals surface area contributed by atoms with Gasteiger partial charge in [0.25, 0.3) is 5.91 Å². The van der Waals surface area contributed by atoms with Gasteiger partial charge in [-0.15, -0.1) is 0 Å². The van der Waals surface area contributed by atoms with E-state index in [2.05, 4.69) is 5.32 Å². The van der Waals surface area contributed by atoms with Crippen LogP contribution in [0, 0.1) is 27.7 Å². The fraction of sp³-hybridized carbons (Fsp3) is 0.417. The first-order chi connectivity index (χ1) is 9.27. The zero-order valence-electron chi connectivity index (χ0n) is 10.9. The van der Waals surface area contributed by atoms with Crippen LogP contribution in [0.4, 0.5) is 14.5 Å². The molecule has 0 aliphatic carbocycles. The summed E-state index contributed by atoms with van der Waals surface area (Å²) in [5.41, 5.74) is -1.88. The summed E-state index contributed by atoms with van der Waals surface area (Å²) in [4.78, 5) is 21.3. The van der Waals surface area contributed by atoms with Crippen molar-refractivity contribution in [2.45, 2.75) is 19.9 Å². The number of rotatable bonds is 5. The molecule has 8 heteroatoms. The number of hydrogen-bond acceptors (Lipinski definition) is 4. The second-order valence-corrected chi connectivity index (χ2v) is 4.55. The molecule has 0 saturated heterocycles. The van der Waals surface area contributed by atoms with Crippen molar-refractivity contribution in [3.8, 4) is 0 Å². The number of nitrogens with zero attached hydrogens (tertiary/aromatic N) is 1. The second-order valence-electron chi connectivity index (χ2n) is 4.55. The number of amides is 1. The van der Waals surface area contributed by atoms with Gasteiger partial charge in [-0.25, -0.2) is 4.39 Å². The van der Waals surface area contributed by atoms with Gasteiger partial charge in [0.1, 0.15) is 5.82 Å². The number of hydrogen-bond donors (Lipinski definition) is 2. The average Bonchev–Trinajstić information content (AvgIpc) is 2.37. The molecule has 0 aliphatic heterocycles. The van der Waals surface area contributed by atoms with Gasteiger partial charge in [-0.1, -0.05) is 13.8 Å². The standard InChI is InChI=1S/C12H14F2N2O4/c1-6(2)9(5-17)15-12(18)8-3-7(13)4-10(11(8)14)16(19)20/h3-4,6,9,17H,5H2,1-2H3,(H,15,18)/t9-/m1/s1. The number of nitrogens with one attached hydrogen (secondary N) is 1. The van der Waals surface area contributed by atoms with Crippen molar-refractivity contribution in [1.82, 2.24) is 5.32 Å². The number of nitro benzene ring substituents is 1. The molecule has 6 nitrogen and oxygen atoms in total. The van der Waals surface area contributed by atoms with Gasteiger partial charge in [0.15, 0.2) is 0 Å². The largest absolute Gasteiger partial charge is 0.394 e. The van der Waals surface area contributed by atoms with Crippen molar-refractivity contribution in [2.24, 2.45) is 5.92 Å². The van der Waals surface area contributed by atoms with Crippen LogP contribution in [0.25, 0.3) is 0 Å². The predicted octanol–water partition coefficient (Wildman–Crippen LogP) is 1.62. The summed E-state index contributed by atoms with van der Waals surface area (Å²) in [5, 5.41) is 21.9. The lowest BCUT2D eigenvalue weighted by Gasteiger charge is -2.19. The highest BCUT2D eigenvalue weighted by Gasteiger charge is 2.26. The third-order valence-corrected chi connectivity index (χ3v) is 2.78. The topological polar surface area (TPSA) is 92.5 Å². The summed E-state index contributed by atoms with van der Waals surface area (Å²) >= 11 is 0. The van der Waals surface area contributed by atoms with E-state index in [1.165, 1.54) is 0 Å². The minimum Gasteiger partial charge on any atom is -0.394 e. The Morgan fingerprint density at radius 1 is 1.45 bits per heavy atom. The smallest absolute Gasteiger partial charge is 0.308 e. The van der Waals surface area contributed by atoms with E-state index < -0.39 is 39.8 Å². The third kappa shape index (κ3) is 3.47. The Labute approximate surface area is 113 Å². The van der Waals surface area contributed by atoms with E-state index in [1.54, 1.807) is 13.8 Å². The minimum atomic E-state index is -1.41. The molecule has 0 aliphatic rings. The van der Waals surface area contributed by atoms with Gasteiger partial charge in [0, 0.05) is 0 Å². The summed E-state index contributed by atoms with van der Waals surface area (Å²) in [6.45, 7) is 3.04. The van der Waals surface area contributed by atoms with Crippen molar-refractivity contribution in [2.75, 3.05) is 6.61 Å². The number of aliphatic hydroxyl groups excluding tert-OH is 1. The molecule has 20 heavy (non-hydrogen) atoms. The second kappa shape index (κ2) is 6.38. The van der Waals surface area contributed by atoms with Gasteiger partial charge in [-0.05, 0) is 12.0 Å².